The first-order valence-electron chi connectivity index (χ1n) is 13.1. The van der Waals surface area contributed by atoms with Crippen molar-refractivity contribution < 1.29 is 37.8 Å². The SMILES string of the molecule is CC(C)CCN(C(=O)CNC(=O)Nc1cccc(C(=O)O)c1)c1ccccc1OCC(=O)N(C)c1c(F)cccc1F. The zero-order chi connectivity index (χ0) is 30.8. The van der Waals surface area contributed by atoms with Crippen LogP contribution in [-0.4, -0.2) is 55.7 Å². The molecule has 3 N–H and O–H groups in total. The molecule has 12 heteroatoms. The number of carboxylic acid groups (broad SMARTS) is 1. The molecule has 222 valence electrons. The second kappa shape index (κ2) is 14.6. The maximum atomic E-state index is 14.2. The monoisotopic (exact) mass is 582 g/mol. The standard InChI is InChI=1S/C30H32F2N4O6/c1-19(2)14-15-36(26(37)17-33-30(41)34-21-9-6-8-20(16-21)29(39)40)24-12-4-5-13-25(24)42-18-27(38)35(3)28-22(31)10-7-11-23(28)32/h4-13,16,19H,14-15,17-18H2,1-3H3,(H,39,40)(H2,33,34,41). The number of aromatic carboxylic acids is 1. The molecule has 10 nitrogen and oxygen atoms in total. The number of carboxylic acids is 1. The Morgan fingerprint density at radius 3 is 2.26 bits per heavy atom. The van der Waals surface area contributed by atoms with Crippen LogP contribution in [0.15, 0.2) is 66.7 Å². The van der Waals surface area contributed by atoms with E-state index in [0.717, 1.165) is 17.0 Å². The fourth-order valence-electron chi connectivity index (χ4n) is 3.90. The summed E-state index contributed by atoms with van der Waals surface area (Å²) < 4.78 is 34.0. The summed E-state index contributed by atoms with van der Waals surface area (Å²) >= 11 is 0. The highest BCUT2D eigenvalue weighted by Gasteiger charge is 2.23. The number of halogens is 2. The Kier molecular flexibility index (Phi) is 10.9. The maximum absolute atomic E-state index is 14.2. The van der Waals surface area contributed by atoms with Gasteiger partial charge in [-0.25, -0.2) is 18.4 Å². The lowest BCUT2D eigenvalue weighted by Crippen LogP contribution is -2.42. The Bertz CT molecular complexity index is 1430. The van der Waals surface area contributed by atoms with Gasteiger partial charge in [0.05, 0.1) is 17.8 Å². The molecule has 0 bridgehead atoms. The molecule has 42 heavy (non-hydrogen) atoms. The fourth-order valence-corrected chi connectivity index (χ4v) is 3.90. The zero-order valence-electron chi connectivity index (χ0n) is 23.4. The molecule has 0 aliphatic carbocycles. The Balaban J connectivity index is 1.72. The number of urea groups is 1. The number of ether oxygens (including phenoxy) is 1. The molecule has 4 amide bonds. The van der Waals surface area contributed by atoms with Gasteiger partial charge < -0.3 is 30.3 Å². The number of hydrogen-bond acceptors (Lipinski definition) is 5. The summed E-state index contributed by atoms with van der Waals surface area (Å²) in [5.74, 6) is -3.73. The molecule has 3 rings (SSSR count). The quantitative estimate of drug-likeness (QED) is 0.279. The van der Waals surface area contributed by atoms with Gasteiger partial charge in [-0.2, -0.15) is 0 Å². The third-order valence-corrected chi connectivity index (χ3v) is 6.15. The van der Waals surface area contributed by atoms with Gasteiger partial charge in [0.25, 0.3) is 5.91 Å². The third-order valence-electron chi connectivity index (χ3n) is 6.15. The van der Waals surface area contributed by atoms with Crippen LogP contribution in [0.3, 0.4) is 0 Å². The predicted octanol–water partition coefficient (Wildman–Crippen LogP) is 4.91. The van der Waals surface area contributed by atoms with Gasteiger partial charge in [0.15, 0.2) is 6.61 Å². The first-order chi connectivity index (χ1) is 20.0. The van der Waals surface area contributed by atoms with Crippen molar-refractivity contribution in [3.63, 3.8) is 0 Å². The lowest BCUT2D eigenvalue weighted by molar-refractivity contribution is -0.120. The van der Waals surface area contributed by atoms with Crippen LogP contribution in [0, 0.1) is 17.6 Å². The van der Waals surface area contributed by atoms with Crippen molar-refractivity contribution in [2.24, 2.45) is 5.92 Å². The molecule has 0 saturated heterocycles. The number of hydrogen-bond donors (Lipinski definition) is 3. The van der Waals surface area contributed by atoms with E-state index in [1.165, 1.54) is 42.3 Å². The molecule has 0 spiro atoms. The second-order valence-electron chi connectivity index (χ2n) is 9.70. The zero-order valence-corrected chi connectivity index (χ0v) is 23.4. The molecular formula is C30H32F2N4O6. The van der Waals surface area contributed by atoms with Gasteiger partial charge in [-0.1, -0.05) is 38.1 Å². The molecule has 0 aliphatic heterocycles. The number of benzene rings is 3. The Morgan fingerprint density at radius 1 is 0.929 bits per heavy atom. The third kappa shape index (κ3) is 8.50. The van der Waals surface area contributed by atoms with Crippen LogP contribution in [-0.2, 0) is 9.59 Å². The molecule has 0 aliphatic rings. The van der Waals surface area contributed by atoms with E-state index in [0.29, 0.717) is 12.1 Å². The van der Waals surface area contributed by atoms with Gasteiger partial charge in [0.1, 0.15) is 23.1 Å². The number of amides is 4. The minimum absolute atomic E-state index is 0.0101. The normalized spacial score (nSPS) is 10.6. The largest absolute Gasteiger partial charge is 0.482 e. The van der Waals surface area contributed by atoms with Crippen molar-refractivity contribution in [2.45, 2.75) is 20.3 Å². The van der Waals surface area contributed by atoms with Crippen molar-refractivity contribution in [2.75, 3.05) is 41.9 Å². The van der Waals surface area contributed by atoms with E-state index in [4.69, 9.17) is 9.84 Å². The molecule has 0 radical (unpaired) electrons. The smallest absolute Gasteiger partial charge is 0.335 e. The molecule has 3 aromatic rings. The summed E-state index contributed by atoms with van der Waals surface area (Å²) in [6, 6.07) is 14.7. The Labute approximate surface area is 241 Å². The van der Waals surface area contributed by atoms with E-state index in [1.807, 2.05) is 13.8 Å². The molecule has 0 aromatic heterocycles. The maximum Gasteiger partial charge on any atom is 0.335 e. The Morgan fingerprint density at radius 2 is 1.60 bits per heavy atom. The van der Waals surface area contributed by atoms with E-state index >= 15 is 0 Å². The number of nitrogens with one attached hydrogen (secondary N) is 2. The number of rotatable bonds is 12. The second-order valence-corrected chi connectivity index (χ2v) is 9.70. The first kappa shape index (κ1) is 31.5. The number of anilines is 3. The summed E-state index contributed by atoms with van der Waals surface area (Å²) in [7, 11) is 1.23. The highest BCUT2D eigenvalue weighted by Crippen LogP contribution is 2.29. The number of carbonyl (C=O) groups is 4. The highest BCUT2D eigenvalue weighted by atomic mass is 19.1. The molecule has 3 aromatic carbocycles. The Hall–Kier alpha value is -5.00. The van der Waals surface area contributed by atoms with E-state index in [1.54, 1.807) is 24.3 Å². The summed E-state index contributed by atoms with van der Waals surface area (Å²) in [5.41, 5.74) is 0.0587. The predicted molar refractivity (Wildman–Crippen MR) is 154 cm³/mol. The molecular weight excluding hydrogens is 550 g/mol. The van der Waals surface area contributed by atoms with Crippen molar-refractivity contribution in [1.82, 2.24) is 5.32 Å². The topological polar surface area (TPSA) is 128 Å². The van der Waals surface area contributed by atoms with Crippen LogP contribution in [0.2, 0.25) is 0 Å². The number of nitrogens with zero attached hydrogens (tertiary/aromatic N) is 2. The molecule has 0 saturated carbocycles. The summed E-state index contributed by atoms with van der Waals surface area (Å²) in [6.45, 7) is 3.28. The van der Waals surface area contributed by atoms with E-state index in [9.17, 15) is 28.0 Å². The number of carbonyl (C=O) groups excluding carboxylic acids is 3. The summed E-state index contributed by atoms with van der Waals surface area (Å²) in [5, 5.41) is 14.1. The minimum atomic E-state index is -1.15. The van der Waals surface area contributed by atoms with Crippen molar-refractivity contribution >= 4 is 40.9 Å². The average Bonchev–Trinajstić information content (AvgIpc) is 2.95. The van der Waals surface area contributed by atoms with Crippen molar-refractivity contribution in [3.05, 3.63) is 83.9 Å². The first-order valence-corrected chi connectivity index (χ1v) is 13.1. The lowest BCUT2D eigenvalue weighted by atomic mass is 10.1. The van der Waals surface area contributed by atoms with Gasteiger partial charge in [-0.05, 0) is 54.8 Å². The number of para-hydroxylation sites is 3. The van der Waals surface area contributed by atoms with Crippen LogP contribution in [0.5, 0.6) is 5.75 Å². The molecule has 0 atom stereocenters. The average molecular weight is 583 g/mol. The van der Waals surface area contributed by atoms with Crippen LogP contribution in [0.4, 0.5) is 30.6 Å². The highest BCUT2D eigenvalue weighted by molar-refractivity contribution is 6.00. The fraction of sp³-hybridized carbons (Fsp3) is 0.267. The van der Waals surface area contributed by atoms with E-state index < -0.39 is 54.3 Å². The lowest BCUT2D eigenvalue weighted by Gasteiger charge is -2.26. The van der Waals surface area contributed by atoms with E-state index in [-0.39, 0.29) is 29.5 Å². The molecule has 0 unspecified atom stereocenters. The van der Waals surface area contributed by atoms with Gasteiger partial charge >= 0.3 is 12.0 Å². The van der Waals surface area contributed by atoms with Gasteiger partial charge in [0.2, 0.25) is 5.91 Å². The number of likely N-dealkylation sites (N-methyl/N-ethyl adjacent to an activating group) is 1. The minimum Gasteiger partial charge on any atom is -0.482 e. The summed E-state index contributed by atoms with van der Waals surface area (Å²) in [4.78, 5) is 51.9. The van der Waals surface area contributed by atoms with Crippen molar-refractivity contribution in [1.29, 1.82) is 0 Å². The van der Waals surface area contributed by atoms with Gasteiger partial charge in [-0.3, -0.25) is 9.59 Å². The van der Waals surface area contributed by atoms with Crippen LogP contribution in [0.25, 0.3) is 0 Å². The van der Waals surface area contributed by atoms with Crippen LogP contribution in [0.1, 0.15) is 30.6 Å². The van der Waals surface area contributed by atoms with Crippen LogP contribution < -0.4 is 25.2 Å². The van der Waals surface area contributed by atoms with Crippen LogP contribution >= 0.6 is 0 Å². The van der Waals surface area contributed by atoms with E-state index in [2.05, 4.69) is 10.6 Å². The summed E-state index contributed by atoms with van der Waals surface area (Å²) in [6.07, 6.45) is 0.614. The van der Waals surface area contributed by atoms with Gasteiger partial charge in [-0.15, -0.1) is 0 Å². The molecule has 0 fully saturated rings. The molecule has 0 heterocycles. The van der Waals surface area contributed by atoms with Gasteiger partial charge in [0, 0.05) is 19.3 Å². The van der Waals surface area contributed by atoms with Crippen molar-refractivity contribution in [3.8, 4) is 5.75 Å².